The van der Waals surface area contributed by atoms with Gasteiger partial charge >= 0.3 is 0 Å². The minimum absolute atomic E-state index is 0.207. The maximum Gasteiger partial charge on any atom is 0.249 e. The third kappa shape index (κ3) is 3.46. The van der Waals surface area contributed by atoms with Crippen molar-refractivity contribution in [2.45, 2.75) is 18.2 Å². The Hall–Kier alpha value is -1.09. The van der Waals surface area contributed by atoms with Gasteiger partial charge in [0, 0.05) is 39.3 Å². The van der Waals surface area contributed by atoms with Crippen LogP contribution in [0.2, 0.25) is 0 Å². The Kier molecular flexibility index (Phi) is 4.92. The lowest BCUT2D eigenvalue weighted by Crippen LogP contribution is -2.51. The van der Waals surface area contributed by atoms with Crippen molar-refractivity contribution in [2.24, 2.45) is 5.41 Å². The first-order valence-electron chi connectivity index (χ1n) is 8.19. The number of benzene rings is 1. The van der Waals surface area contributed by atoms with Gasteiger partial charge < -0.3 is 10.2 Å². The molecule has 2 fully saturated rings. The molecule has 2 saturated heterocycles. The summed E-state index contributed by atoms with van der Waals surface area (Å²) in [4.78, 5) is 1.39. The molecular formula is C16H23F2N3O2S. The summed E-state index contributed by atoms with van der Waals surface area (Å²) in [6.45, 7) is 6.76. The third-order valence-electron chi connectivity index (χ3n) is 4.91. The minimum atomic E-state index is -4.14. The molecule has 0 aliphatic carbocycles. The average Bonchev–Trinajstić information content (AvgIpc) is 2.93. The predicted octanol–water partition coefficient (Wildman–Crippen LogP) is 1.27. The van der Waals surface area contributed by atoms with Crippen LogP contribution in [-0.2, 0) is 10.0 Å². The van der Waals surface area contributed by atoms with E-state index in [4.69, 9.17) is 0 Å². The van der Waals surface area contributed by atoms with Gasteiger partial charge in [-0.15, -0.1) is 0 Å². The fraction of sp³-hybridized carbons (Fsp3) is 0.625. The monoisotopic (exact) mass is 359 g/mol. The molecule has 24 heavy (non-hydrogen) atoms. The van der Waals surface area contributed by atoms with Crippen LogP contribution in [0.25, 0.3) is 0 Å². The summed E-state index contributed by atoms with van der Waals surface area (Å²) in [5.41, 5.74) is 0.207. The minimum Gasteiger partial charge on any atom is -0.316 e. The van der Waals surface area contributed by atoms with Crippen molar-refractivity contribution in [2.75, 3.05) is 45.8 Å². The lowest BCUT2D eigenvalue weighted by atomic mass is 9.89. The molecule has 1 aromatic rings. The Morgan fingerprint density at radius 3 is 2.33 bits per heavy atom. The summed E-state index contributed by atoms with van der Waals surface area (Å²) < 4.78 is 54.0. The van der Waals surface area contributed by atoms with Crippen LogP contribution >= 0.6 is 0 Å². The zero-order valence-corrected chi connectivity index (χ0v) is 14.6. The van der Waals surface area contributed by atoms with Gasteiger partial charge in [-0.1, -0.05) is 13.0 Å². The van der Waals surface area contributed by atoms with Crippen LogP contribution in [0.4, 0.5) is 8.78 Å². The zero-order chi connectivity index (χ0) is 17.4. The van der Waals surface area contributed by atoms with Gasteiger partial charge in [-0.2, -0.15) is 4.31 Å². The van der Waals surface area contributed by atoms with Gasteiger partial charge in [0.05, 0.1) is 0 Å². The van der Waals surface area contributed by atoms with Gasteiger partial charge in [-0.3, -0.25) is 0 Å². The molecule has 3 rings (SSSR count). The van der Waals surface area contributed by atoms with Crippen molar-refractivity contribution in [1.82, 2.24) is 14.5 Å². The highest BCUT2D eigenvalue weighted by molar-refractivity contribution is 7.89. The van der Waals surface area contributed by atoms with E-state index in [2.05, 4.69) is 17.1 Å². The number of halogens is 2. The highest BCUT2D eigenvalue weighted by atomic mass is 32.2. The normalized spacial score (nSPS) is 26.8. The first-order valence-corrected chi connectivity index (χ1v) is 9.63. The molecule has 0 radical (unpaired) electrons. The van der Waals surface area contributed by atoms with Crippen molar-refractivity contribution < 1.29 is 17.2 Å². The maximum atomic E-state index is 13.8. The van der Waals surface area contributed by atoms with Crippen LogP contribution < -0.4 is 5.32 Å². The molecule has 8 heteroatoms. The molecule has 1 N–H and O–H groups in total. The summed E-state index contributed by atoms with van der Waals surface area (Å²) in [5.74, 6) is -2.08. The van der Waals surface area contributed by atoms with Crippen molar-refractivity contribution >= 4 is 10.0 Å². The molecule has 0 amide bonds. The lowest BCUT2D eigenvalue weighted by molar-refractivity contribution is 0.132. The lowest BCUT2D eigenvalue weighted by Gasteiger charge is -2.38. The van der Waals surface area contributed by atoms with E-state index in [1.54, 1.807) is 0 Å². The largest absolute Gasteiger partial charge is 0.316 e. The Bertz CT molecular complexity index is 677. The van der Waals surface area contributed by atoms with E-state index in [1.807, 2.05) is 0 Å². The molecule has 0 aromatic heterocycles. The highest BCUT2D eigenvalue weighted by Gasteiger charge is 2.36. The topological polar surface area (TPSA) is 52.7 Å². The van der Waals surface area contributed by atoms with Crippen LogP contribution in [0.3, 0.4) is 0 Å². The fourth-order valence-corrected chi connectivity index (χ4v) is 5.06. The van der Waals surface area contributed by atoms with Gasteiger partial charge in [0.25, 0.3) is 0 Å². The second-order valence-corrected chi connectivity index (χ2v) is 8.84. The van der Waals surface area contributed by atoms with Gasteiger partial charge in [-0.25, -0.2) is 17.2 Å². The Morgan fingerprint density at radius 2 is 1.79 bits per heavy atom. The number of nitrogens with one attached hydrogen (secondary N) is 1. The molecule has 0 saturated carbocycles. The van der Waals surface area contributed by atoms with E-state index in [0.717, 1.165) is 44.3 Å². The van der Waals surface area contributed by atoms with Crippen molar-refractivity contribution in [3.8, 4) is 0 Å². The molecule has 2 heterocycles. The van der Waals surface area contributed by atoms with E-state index < -0.39 is 26.6 Å². The Morgan fingerprint density at radius 1 is 1.17 bits per heavy atom. The van der Waals surface area contributed by atoms with Crippen LogP contribution in [-0.4, -0.2) is 63.4 Å². The van der Waals surface area contributed by atoms with Gasteiger partial charge in [-0.05, 0) is 30.5 Å². The SMILES string of the molecule is CC1(CN2CCN(S(=O)(=O)c3c(F)cccc3F)CC2)CCNC1. The third-order valence-corrected chi connectivity index (χ3v) is 6.86. The van der Waals surface area contributed by atoms with E-state index in [-0.39, 0.29) is 18.5 Å². The molecule has 1 atom stereocenters. The standard InChI is InChI=1S/C16H23F2N3O2S/c1-16(5-6-19-11-16)12-20-7-9-21(10-8-20)24(22,23)15-13(17)3-2-4-14(15)18/h2-4,19H,5-12H2,1H3. The van der Waals surface area contributed by atoms with Crippen LogP contribution in [0.15, 0.2) is 23.1 Å². The molecule has 0 spiro atoms. The Balaban J connectivity index is 1.68. The van der Waals surface area contributed by atoms with E-state index in [1.165, 1.54) is 4.31 Å². The van der Waals surface area contributed by atoms with Crippen molar-refractivity contribution in [3.63, 3.8) is 0 Å². The molecule has 5 nitrogen and oxygen atoms in total. The number of rotatable bonds is 4. The summed E-state index contributed by atoms with van der Waals surface area (Å²) in [6, 6.07) is 3.11. The molecule has 0 bridgehead atoms. The van der Waals surface area contributed by atoms with Crippen molar-refractivity contribution in [1.29, 1.82) is 0 Å². The first kappa shape index (κ1) is 17.7. The summed E-state index contributed by atoms with van der Waals surface area (Å²) in [7, 11) is -4.14. The quantitative estimate of drug-likeness (QED) is 0.880. The molecular weight excluding hydrogens is 336 g/mol. The number of hydrogen-bond donors (Lipinski definition) is 1. The zero-order valence-electron chi connectivity index (χ0n) is 13.8. The van der Waals surface area contributed by atoms with E-state index >= 15 is 0 Å². The fourth-order valence-electron chi connectivity index (χ4n) is 3.53. The number of piperazine rings is 1. The average molecular weight is 359 g/mol. The van der Waals surface area contributed by atoms with E-state index in [9.17, 15) is 17.2 Å². The first-order chi connectivity index (χ1) is 11.3. The smallest absolute Gasteiger partial charge is 0.249 e. The number of nitrogens with zero attached hydrogens (tertiary/aromatic N) is 2. The highest BCUT2D eigenvalue weighted by Crippen LogP contribution is 2.27. The number of hydrogen-bond acceptors (Lipinski definition) is 4. The van der Waals surface area contributed by atoms with Crippen LogP contribution in [0.5, 0.6) is 0 Å². The molecule has 134 valence electrons. The van der Waals surface area contributed by atoms with Crippen LogP contribution in [0.1, 0.15) is 13.3 Å². The molecule has 2 aliphatic rings. The second kappa shape index (κ2) is 6.67. The van der Waals surface area contributed by atoms with Crippen molar-refractivity contribution in [3.05, 3.63) is 29.8 Å². The summed E-state index contributed by atoms with van der Waals surface area (Å²) in [6.07, 6.45) is 1.10. The molecule has 1 aromatic carbocycles. The molecule has 2 aliphatic heterocycles. The predicted molar refractivity (Wildman–Crippen MR) is 87.2 cm³/mol. The van der Waals surface area contributed by atoms with E-state index in [0.29, 0.717) is 13.1 Å². The van der Waals surface area contributed by atoms with Gasteiger partial charge in [0.15, 0.2) is 4.90 Å². The van der Waals surface area contributed by atoms with Crippen LogP contribution in [0, 0.1) is 17.0 Å². The maximum absolute atomic E-state index is 13.8. The summed E-state index contributed by atoms with van der Waals surface area (Å²) >= 11 is 0. The Labute approximate surface area is 141 Å². The number of sulfonamides is 1. The summed E-state index contributed by atoms with van der Waals surface area (Å²) in [5, 5.41) is 3.35. The van der Waals surface area contributed by atoms with Gasteiger partial charge in [0.1, 0.15) is 11.6 Å². The van der Waals surface area contributed by atoms with Gasteiger partial charge in [0.2, 0.25) is 10.0 Å². The molecule has 1 unspecified atom stereocenters. The second-order valence-electron chi connectivity index (χ2n) is 6.97.